The van der Waals surface area contributed by atoms with Crippen LogP contribution in [0.4, 0.5) is 18.0 Å². The first-order chi connectivity index (χ1) is 20.5. The minimum absolute atomic E-state index is 0.0937. The molecule has 0 bridgehead atoms. The summed E-state index contributed by atoms with van der Waals surface area (Å²) in [6, 6.07) is 0.932. The van der Waals surface area contributed by atoms with Crippen LogP contribution in [0.15, 0.2) is 59.7 Å². The first-order valence-electron chi connectivity index (χ1n) is 13.3. The quantitative estimate of drug-likeness (QED) is 0.320. The Bertz CT molecular complexity index is 1530. The van der Waals surface area contributed by atoms with Gasteiger partial charge in [0.05, 0.1) is 28.5 Å². The van der Waals surface area contributed by atoms with Gasteiger partial charge in [0, 0.05) is 18.8 Å². The average molecular weight is 653 g/mol. The second kappa shape index (κ2) is 14.2. The van der Waals surface area contributed by atoms with E-state index in [1.54, 1.807) is 38.7 Å². The van der Waals surface area contributed by atoms with Gasteiger partial charge in [0.15, 0.2) is 0 Å². The first-order valence-corrected chi connectivity index (χ1v) is 14.5. The van der Waals surface area contributed by atoms with Crippen LogP contribution >= 0.6 is 22.9 Å². The molecule has 2 aromatic rings. The van der Waals surface area contributed by atoms with Crippen LogP contribution in [0.1, 0.15) is 77.9 Å². The summed E-state index contributed by atoms with van der Waals surface area (Å²) in [4.78, 5) is 52.2. The van der Waals surface area contributed by atoms with Gasteiger partial charge in [-0.2, -0.15) is 13.2 Å². The maximum atomic E-state index is 13.3. The topological polar surface area (TPSA) is 126 Å². The average Bonchev–Trinajstić information content (AvgIpc) is 3.45. The van der Waals surface area contributed by atoms with Crippen molar-refractivity contribution in [3.05, 3.63) is 81.0 Å². The number of hydrogen-bond acceptors (Lipinski definition) is 8. The van der Waals surface area contributed by atoms with Crippen LogP contribution in [0.2, 0.25) is 0 Å². The maximum Gasteiger partial charge on any atom is 0.417 e. The number of carbonyl (C=O) groups excluding carboxylic acids is 3. The molecule has 1 unspecified atom stereocenters. The summed E-state index contributed by atoms with van der Waals surface area (Å²) >= 11 is 6.60. The highest BCUT2D eigenvalue weighted by Gasteiger charge is 2.34. The normalized spacial score (nSPS) is 15.5. The van der Waals surface area contributed by atoms with Crippen molar-refractivity contribution >= 4 is 46.4 Å². The van der Waals surface area contributed by atoms with E-state index >= 15 is 0 Å². The summed E-state index contributed by atoms with van der Waals surface area (Å²) in [6.45, 7) is 12.4. The van der Waals surface area contributed by atoms with Gasteiger partial charge in [-0.15, -0.1) is 11.3 Å². The minimum atomic E-state index is -4.75. The van der Waals surface area contributed by atoms with E-state index in [0.717, 1.165) is 23.0 Å². The van der Waals surface area contributed by atoms with Crippen LogP contribution in [0.3, 0.4) is 0 Å². The molecule has 0 aromatic carbocycles. The molecule has 1 aliphatic rings. The molecule has 44 heavy (non-hydrogen) atoms. The van der Waals surface area contributed by atoms with E-state index in [4.69, 9.17) is 16.3 Å². The monoisotopic (exact) mass is 652 g/mol. The number of ether oxygens (including phenoxy) is 1. The summed E-state index contributed by atoms with van der Waals surface area (Å²) in [5.41, 5.74) is -0.319. The Kier molecular flexibility index (Phi) is 11.1. The van der Waals surface area contributed by atoms with Crippen LogP contribution in [-0.2, 0) is 4.74 Å². The second-order valence-corrected chi connectivity index (χ2v) is 12.2. The Morgan fingerprint density at radius 2 is 1.89 bits per heavy atom. The SMILES string of the molecule is C=C/C(Cl)=C(\C=C(/C)NC(=O)c1cnc(C(C)NC(=O)c2cc(C3=CCN(C(=O)OC(C)(C)C)CC3)ncn2)s1)C(F)(F)F. The Hall–Kier alpha value is -4.04. The van der Waals surface area contributed by atoms with Crippen molar-refractivity contribution in [2.45, 2.75) is 58.9 Å². The van der Waals surface area contributed by atoms with Gasteiger partial charge in [0.1, 0.15) is 27.5 Å². The Morgan fingerprint density at radius 3 is 2.48 bits per heavy atom. The molecule has 0 saturated heterocycles. The third kappa shape index (κ3) is 9.48. The molecular weight excluding hydrogens is 621 g/mol. The molecular formula is C29H32ClF3N6O4S. The van der Waals surface area contributed by atoms with E-state index in [-0.39, 0.29) is 16.3 Å². The number of nitrogens with one attached hydrogen (secondary N) is 2. The fourth-order valence-electron chi connectivity index (χ4n) is 3.87. The molecule has 0 aliphatic carbocycles. The molecule has 3 rings (SSSR count). The Morgan fingerprint density at radius 1 is 1.18 bits per heavy atom. The predicted octanol–water partition coefficient (Wildman–Crippen LogP) is 6.32. The van der Waals surface area contributed by atoms with E-state index in [2.05, 4.69) is 32.2 Å². The number of aromatic nitrogens is 3. The predicted molar refractivity (Wildman–Crippen MR) is 161 cm³/mol. The van der Waals surface area contributed by atoms with Gasteiger partial charge in [-0.25, -0.2) is 19.7 Å². The summed E-state index contributed by atoms with van der Waals surface area (Å²) < 4.78 is 45.3. The molecule has 0 spiro atoms. The number of hydrogen-bond donors (Lipinski definition) is 2. The van der Waals surface area contributed by atoms with Gasteiger partial charge in [-0.1, -0.05) is 30.3 Å². The molecule has 3 amide bonds. The largest absolute Gasteiger partial charge is 0.444 e. The molecule has 15 heteroatoms. The molecule has 0 radical (unpaired) electrons. The molecule has 2 aromatic heterocycles. The molecule has 1 atom stereocenters. The molecule has 0 saturated carbocycles. The van der Waals surface area contributed by atoms with Crippen molar-refractivity contribution in [1.82, 2.24) is 30.5 Å². The van der Waals surface area contributed by atoms with Crippen molar-refractivity contribution in [1.29, 1.82) is 0 Å². The lowest BCUT2D eigenvalue weighted by Crippen LogP contribution is -2.39. The number of nitrogens with zero attached hydrogens (tertiary/aromatic N) is 4. The fourth-order valence-corrected chi connectivity index (χ4v) is 4.84. The lowest BCUT2D eigenvalue weighted by atomic mass is 10.0. The fraction of sp³-hybridized carbons (Fsp3) is 0.379. The lowest BCUT2D eigenvalue weighted by Gasteiger charge is -2.29. The van der Waals surface area contributed by atoms with Crippen molar-refractivity contribution < 1.29 is 32.3 Å². The summed E-state index contributed by atoms with van der Waals surface area (Å²) in [6.07, 6.45) is 1.33. The standard InChI is InChI=1S/C29H32ClF3N6O4S/c1-7-20(30)19(29(31,32)33)12-16(2)37-25(41)23-14-34-26(44-23)17(3)38-24(40)22-13-21(35-15-36-22)18-8-10-39(11-9-18)27(42)43-28(4,5)6/h7-8,12-15,17H,1,9-11H2,2-6H3,(H,37,41)(H,38,40)/b16-12+,20-19-. The minimum Gasteiger partial charge on any atom is -0.444 e. The van der Waals surface area contributed by atoms with Crippen molar-refractivity contribution in [2.75, 3.05) is 13.1 Å². The third-order valence-electron chi connectivity index (χ3n) is 5.97. The van der Waals surface area contributed by atoms with Crippen molar-refractivity contribution in [2.24, 2.45) is 0 Å². The van der Waals surface area contributed by atoms with E-state index < -0.39 is 46.3 Å². The van der Waals surface area contributed by atoms with E-state index in [9.17, 15) is 27.6 Å². The van der Waals surface area contributed by atoms with Gasteiger partial charge in [0.25, 0.3) is 11.8 Å². The van der Waals surface area contributed by atoms with Gasteiger partial charge in [-0.05, 0) is 58.8 Å². The van der Waals surface area contributed by atoms with E-state index in [1.165, 1.54) is 19.4 Å². The lowest BCUT2D eigenvalue weighted by molar-refractivity contribution is -0.0885. The van der Waals surface area contributed by atoms with E-state index in [0.29, 0.717) is 36.3 Å². The molecule has 3 heterocycles. The van der Waals surface area contributed by atoms with Gasteiger partial charge >= 0.3 is 12.3 Å². The van der Waals surface area contributed by atoms with Gasteiger partial charge in [0.2, 0.25) is 0 Å². The Balaban J connectivity index is 1.64. The zero-order valence-corrected chi connectivity index (χ0v) is 26.3. The maximum absolute atomic E-state index is 13.3. The zero-order valence-electron chi connectivity index (χ0n) is 24.7. The van der Waals surface area contributed by atoms with Crippen LogP contribution < -0.4 is 10.6 Å². The summed E-state index contributed by atoms with van der Waals surface area (Å²) in [5, 5.41) is 4.94. The number of thiazole rings is 1. The highest BCUT2D eigenvalue weighted by atomic mass is 35.5. The molecule has 0 fully saturated rings. The first kappa shape index (κ1) is 34.5. The summed E-state index contributed by atoms with van der Waals surface area (Å²) in [7, 11) is 0. The Labute approximate surface area is 261 Å². The third-order valence-corrected chi connectivity index (χ3v) is 7.51. The van der Waals surface area contributed by atoms with E-state index in [1.807, 2.05) is 6.08 Å². The molecule has 2 N–H and O–H groups in total. The van der Waals surface area contributed by atoms with Crippen LogP contribution in [0.25, 0.3) is 5.57 Å². The number of rotatable bonds is 8. The number of halogens is 4. The second-order valence-electron chi connectivity index (χ2n) is 10.7. The van der Waals surface area contributed by atoms with Crippen molar-refractivity contribution in [3.8, 4) is 0 Å². The van der Waals surface area contributed by atoms with Gasteiger partial charge < -0.3 is 20.3 Å². The molecule has 236 valence electrons. The smallest absolute Gasteiger partial charge is 0.417 e. The zero-order chi connectivity index (χ0) is 32.8. The number of alkyl halides is 3. The van der Waals surface area contributed by atoms with Crippen molar-refractivity contribution in [3.63, 3.8) is 0 Å². The van der Waals surface area contributed by atoms with Gasteiger partial charge in [-0.3, -0.25) is 9.59 Å². The summed E-state index contributed by atoms with van der Waals surface area (Å²) in [5.74, 6) is -1.18. The number of allylic oxidation sites excluding steroid dienone is 5. The van der Waals surface area contributed by atoms with Crippen LogP contribution in [0, 0.1) is 0 Å². The van der Waals surface area contributed by atoms with Crippen LogP contribution in [-0.4, -0.2) is 62.6 Å². The highest BCUT2D eigenvalue weighted by molar-refractivity contribution is 7.13. The van der Waals surface area contributed by atoms with Crippen LogP contribution in [0.5, 0.6) is 0 Å². The highest BCUT2D eigenvalue weighted by Crippen LogP contribution is 2.32. The molecule has 1 aliphatic heterocycles. The number of amides is 3. The number of carbonyl (C=O) groups is 3. The molecule has 10 nitrogen and oxygen atoms in total.